The van der Waals surface area contributed by atoms with Crippen LogP contribution in [0.2, 0.25) is 0 Å². The molecule has 4 N–H and O–H groups in total. The second-order valence-corrected chi connectivity index (χ2v) is 17.3. The summed E-state index contributed by atoms with van der Waals surface area (Å²) in [5.41, 5.74) is 0. The molecule has 0 aromatic rings. The zero-order chi connectivity index (χ0) is 43.6. The van der Waals surface area contributed by atoms with Crippen LogP contribution < -0.4 is 0 Å². The van der Waals surface area contributed by atoms with Crippen LogP contribution in [-0.4, -0.2) is 89.6 Å². The molecular weight excluding hydrogens is 757 g/mol. The largest absolute Gasteiger partial charge is 0.457 e. The van der Waals surface area contributed by atoms with E-state index in [4.69, 9.17) is 18.9 Å². The number of hydrogen-bond donors (Lipinski definition) is 4. The average molecular weight is 851 g/mol. The zero-order valence-electron chi connectivity index (χ0n) is 38.7. The number of carbonyl (C=O) groups is 1. The number of rotatable bonds is 43. The summed E-state index contributed by atoms with van der Waals surface area (Å²) in [7, 11) is 0. The molecule has 1 fully saturated rings. The maximum absolute atomic E-state index is 12.8. The predicted molar refractivity (Wildman–Crippen MR) is 247 cm³/mol. The van der Waals surface area contributed by atoms with Crippen LogP contribution >= 0.6 is 0 Å². The van der Waals surface area contributed by atoms with Crippen molar-refractivity contribution in [3.63, 3.8) is 0 Å². The number of aliphatic hydroxyl groups excluding tert-OH is 4. The summed E-state index contributed by atoms with van der Waals surface area (Å²) in [6, 6.07) is 0. The lowest BCUT2D eigenvalue weighted by molar-refractivity contribution is -0.305. The first-order valence-corrected chi connectivity index (χ1v) is 25.1. The van der Waals surface area contributed by atoms with Crippen LogP contribution in [0, 0.1) is 0 Å². The molecular formula is C51H94O9. The fourth-order valence-corrected chi connectivity index (χ4v) is 7.58. The third-order valence-corrected chi connectivity index (χ3v) is 11.5. The second-order valence-electron chi connectivity index (χ2n) is 17.3. The number of aliphatic hydroxyl groups is 4. The van der Waals surface area contributed by atoms with Gasteiger partial charge in [-0.05, 0) is 64.2 Å². The molecule has 0 saturated carbocycles. The number of allylic oxidation sites excluding steroid dienone is 6. The molecule has 0 bridgehead atoms. The van der Waals surface area contributed by atoms with E-state index in [0.29, 0.717) is 13.0 Å². The number of unbranched alkanes of at least 4 members (excludes halogenated alkanes) is 26. The Bertz CT molecular complexity index is 1010. The molecule has 9 nitrogen and oxygen atoms in total. The van der Waals surface area contributed by atoms with Crippen LogP contribution in [0.25, 0.3) is 0 Å². The number of ether oxygens (including phenoxy) is 4. The molecule has 1 saturated heterocycles. The number of hydrogen-bond acceptors (Lipinski definition) is 9. The van der Waals surface area contributed by atoms with E-state index in [0.717, 1.165) is 64.2 Å². The van der Waals surface area contributed by atoms with Crippen molar-refractivity contribution in [2.75, 3.05) is 26.4 Å². The van der Waals surface area contributed by atoms with E-state index in [2.05, 4.69) is 50.3 Å². The van der Waals surface area contributed by atoms with Gasteiger partial charge in [-0.2, -0.15) is 0 Å². The molecule has 60 heavy (non-hydrogen) atoms. The quantitative estimate of drug-likeness (QED) is 0.0269. The van der Waals surface area contributed by atoms with Gasteiger partial charge in [-0.15, -0.1) is 0 Å². The van der Waals surface area contributed by atoms with Crippen LogP contribution in [0.1, 0.15) is 219 Å². The minimum atomic E-state index is -1.54. The van der Waals surface area contributed by atoms with Gasteiger partial charge in [-0.3, -0.25) is 4.79 Å². The van der Waals surface area contributed by atoms with Gasteiger partial charge in [0, 0.05) is 13.0 Å². The molecule has 1 heterocycles. The summed E-state index contributed by atoms with van der Waals surface area (Å²) in [5.74, 6) is -0.327. The van der Waals surface area contributed by atoms with Crippen molar-refractivity contribution in [1.82, 2.24) is 0 Å². The van der Waals surface area contributed by atoms with Crippen molar-refractivity contribution in [3.8, 4) is 0 Å². The first-order chi connectivity index (χ1) is 29.4. The average Bonchev–Trinajstić information content (AvgIpc) is 3.25. The molecule has 6 atom stereocenters. The standard InChI is InChI=1S/C51H94O9/c1-3-5-7-9-11-13-15-17-18-19-20-21-22-23-24-25-26-27-29-31-33-35-37-39-41-57-43-45(44-58-51-50(56)49(55)48(54)46(42-52)60-51)59-47(53)40-38-36-34-32-30-28-16-14-12-10-8-6-4-2/h8,10,14,16,19-20,45-46,48-52,54-56H,3-7,9,11-13,15,17-18,21-44H2,1-2H3/b10-8-,16-14-,20-19-. The van der Waals surface area contributed by atoms with Crippen LogP contribution in [0.15, 0.2) is 36.5 Å². The first kappa shape index (κ1) is 56.4. The third kappa shape index (κ3) is 33.0. The van der Waals surface area contributed by atoms with E-state index < -0.39 is 43.4 Å². The Morgan fingerprint density at radius 1 is 0.533 bits per heavy atom. The van der Waals surface area contributed by atoms with Crippen molar-refractivity contribution < 1.29 is 44.2 Å². The highest BCUT2D eigenvalue weighted by Crippen LogP contribution is 2.23. The normalized spacial score (nSPS) is 20.3. The molecule has 9 heteroatoms. The molecule has 0 spiro atoms. The molecule has 1 aliphatic rings. The Morgan fingerprint density at radius 2 is 1.00 bits per heavy atom. The predicted octanol–water partition coefficient (Wildman–Crippen LogP) is 11.9. The Morgan fingerprint density at radius 3 is 1.52 bits per heavy atom. The summed E-state index contributed by atoms with van der Waals surface area (Å²) in [6.45, 7) is 4.50. The van der Waals surface area contributed by atoms with Crippen molar-refractivity contribution >= 4 is 5.97 Å². The Balaban J connectivity index is 2.17. The van der Waals surface area contributed by atoms with E-state index in [1.54, 1.807) is 0 Å². The summed E-state index contributed by atoms with van der Waals surface area (Å²) in [4.78, 5) is 12.8. The lowest BCUT2D eigenvalue weighted by atomic mass is 9.99. The number of carbonyl (C=O) groups excluding carboxylic acids is 1. The molecule has 0 aromatic carbocycles. The zero-order valence-corrected chi connectivity index (χ0v) is 38.7. The van der Waals surface area contributed by atoms with Gasteiger partial charge >= 0.3 is 5.97 Å². The van der Waals surface area contributed by atoms with Crippen LogP contribution in [0.4, 0.5) is 0 Å². The van der Waals surface area contributed by atoms with E-state index in [1.165, 1.54) is 135 Å². The van der Waals surface area contributed by atoms with Gasteiger partial charge in [0.1, 0.15) is 30.5 Å². The second kappa shape index (κ2) is 42.7. The Labute approximate surface area is 368 Å². The highest BCUT2D eigenvalue weighted by atomic mass is 16.7. The van der Waals surface area contributed by atoms with Crippen LogP contribution in [0.3, 0.4) is 0 Å². The van der Waals surface area contributed by atoms with Gasteiger partial charge in [0.05, 0.1) is 19.8 Å². The van der Waals surface area contributed by atoms with E-state index >= 15 is 0 Å². The van der Waals surface area contributed by atoms with Crippen molar-refractivity contribution in [2.45, 2.75) is 256 Å². The fraction of sp³-hybridized carbons (Fsp3) is 0.863. The maximum Gasteiger partial charge on any atom is 0.306 e. The van der Waals surface area contributed by atoms with E-state index in [9.17, 15) is 25.2 Å². The molecule has 0 aliphatic carbocycles. The van der Waals surface area contributed by atoms with E-state index in [1.807, 2.05) is 0 Å². The molecule has 1 aliphatic heterocycles. The molecule has 352 valence electrons. The molecule has 1 rings (SSSR count). The Hall–Kier alpha value is -1.59. The SMILES string of the molecule is CCC/C=C\C/C=C\CCCCCCCC(=O)OC(COCCCCCCCCCCCCCC/C=C\CCCCCCCCCC)COC1OC(CO)C(O)C(O)C1O. The van der Waals surface area contributed by atoms with Gasteiger partial charge in [-0.1, -0.05) is 185 Å². The summed E-state index contributed by atoms with van der Waals surface area (Å²) >= 11 is 0. The van der Waals surface area contributed by atoms with Gasteiger partial charge in [0.15, 0.2) is 6.29 Å². The van der Waals surface area contributed by atoms with Crippen LogP contribution in [-0.2, 0) is 23.7 Å². The Kier molecular flexibility index (Phi) is 40.2. The fourth-order valence-electron chi connectivity index (χ4n) is 7.58. The first-order valence-electron chi connectivity index (χ1n) is 25.1. The smallest absolute Gasteiger partial charge is 0.306 e. The third-order valence-electron chi connectivity index (χ3n) is 11.5. The van der Waals surface area contributed by atoms with Gasteiger partial charge in [0.25, 0.3) is 0 Å². The highest BCUT2D eigenvalue weighted by Gasteiger charge is 2.44. The van der Waals surface area contributed by atoms with Crippen molar-refractivity contribution in [3.05, 3.63) is 36.5 Å². The minimum absolute atomic E-state index is 0.118. The van der Waals surface area contributed by atoms with Gasteiger partial charge in [-0.25, -0.2) is 0 Å². The summed E-state index contributed by atoms with van der Waals surface area (Å²) in [5, 5.41) is 40.2. The van der Waals surface area contributed by atoms with Gasteiger partial charge < -0.3 is 39.4 Å². The minimum Gasteiger partial charge on any atom is -0.457 e. The lowest BCUT2D eigenvalue weighted by Gasteiger charge is -2.39. The topological polar surface area (TPSA) is 135 Å². The highest BCUT2D eigenvalue weighted by molar-refractivity contribution is 5.69. The molecule has 6 unspecified atom stereocenters. The van der Waals surface area contributed by atoms with Crippen molar-refractivity contribution in [2.24, 2.45) is 0 Å². The van der Waals surface area contributed by atoms with Crippen molar-refractivity contribution in [1.29, 1.82) is 0 Å². The lowest BCUT2D eigenvalue weighted by Crippen LogP contribution is -2.59. The van der Waals surface area contributed by atoms with Crippen LogP contribution in [0.5, 0.6) is 0 Å². The van der Waals surface area contributed by atoms with Gasteiger partial charge in [0.2, 0.25) is 0 Å². The summed E-state index contributed by atoms with van der Waals surface area (Å²) in [6.07, 6.45) is 44.7. The maximum atomic E-state index is 12.8. The summed E-state index contributed by atoms with van der Waals surface area (Å²) < 4.78 is 22.8. The monoisotopic (exact) mass is 851 g/mol. The molecule has 0 radical (unpaired) electrons. The molecule has 0 aromatic heterocycles. The number of esters is 1. The van der Waals surface area contributed by atoms with E-state index in [-0.39, 0.29) is 19.2 Å². The molecule has 0 amide bonds.